The molecule has 0 aromatic heterocycles. The van der Waals surface area contributed by atoms with Gasteiger partial charge in [-0.15, -0.1) is 0 Å². The van der Waals surface area contributed by atoms with Gasteiger partial charge >= 0.3 is 0 Å². The van der Waals surface area contributed by atoms with Gasteiger partial charge in [0.15, 0.2) is 0 Å². The van der Waals surface area contributed by atoms with Gasteiger partial charge in [-0.2, -0.15) is 0 Å². The maximum Gasteiger partial charge on any atom is 0.122 e. The van der Waals surface area contributed by atoms with Crippen molar-refractivity contribution in [3.8, 4) is 5.75 Å². The first-order valence-corrected chi connectivity index (χ1v) is 7.07. The summed E-state index contributed by atoms with van der Waals surface area (Å²) in [4.78, 5) is 0. The van der Waals surface area contributed by atoms with Gasteiger partial charge in [0, 0.05) is 22.5 Å². The van der Waals surface area contributed by atoms with Crippen molar-refractivity contribution in [1.82, 2.24) is 0 Å². The molecule has 0 spiro atoms. The topological polar surface area (TPSA) is 35.2 Å². The van der Waals surface area contributed by atoms with Crippen molar-refractivity contribution in [1.29, 1.82) is 0 Å². The standard InChI is InChI=1S/C15H22ClNO/c1-3-4-11-8-15(9-11,10-17)13-7-12(16)5-6-14(13)18-2/h5-7,11H,3-4,8-10,17H2,1-2H3. The summed E-state index contributed by atoms with van der Waals surface area (Å²) in [6.45, 7) is 2.91. The van der Waals surface area contributed by atoms with E-state index >= 15 is 0 Å². The highest BCUT2D eigenvalue weighted by Gasteiger charge is 2.45. The van der Waals surface area contributed by atoms with Gasteiger partial charge in [0.25, 0.3) is 0 Å². The van der Waals surface area contributed by atoms with Crippen LogP contribution in [-0.2, 0) is 5.41 Å². The van der Waals surface area contributed by atoms with Crippen LogP contribution in [0, 0.1) is 5.92 Å². The van der Waals surface area contributed by atoms with Crippen LogP contribution in [0.4, 0.5) is 0 Å². The molecular weight excluding hydrogens is 246 g/mol. The Morgan fingerprint density at radius 1 is 1.44 bits per heavy atom. The summed E-state index contributed by atoms with van der Waals surface area (Å²) in [5.74, 6) is 1.72. The second kappa shape index (κ2) is 5.50. The molecule has 1 aromatic carbocycles. The van der Waals surface area contributed by atoms with Crippen LogP contribution in [0.2, 0.25) is 5.02 Å². The van der Waals surface area contributed by atoms with Crippen LogP contribution in [0.3, 0.4) is 0 Å². The Hall–Kier alpha value is -0.730. The van der Waals surface area contributed by atoms with E-state index in [-0.39, 0.29) is 5.41 Å². The van der Waals surface area contributed by atoms with E-state index in [9.17, 15) is 0 Å². The Morgan fingerprint density at radius 3 is 2.72 bits per heavy atom. The van der Waals surface area contributed by atoms with E-state index in [1.165, 1.54) is 18.4 Å². The van der Waals surface area contributed by atoms with E-state index in [1.54, 1.807) is 7.11 Å². The van der Waals surface area contributed by atoms with E-state index < -0.39 is 0 Å². The third kappa shape index (κ3) is 2.36. The third-order valence-electron chi connectivity index (χ3n) is 4.18. The highest BCUT2D eigenvalue weighted by atomic mass is 35.5. The van der Waals surface area contributed by atoms with Crippen molar-refractivity contribution in [3.05, 3.63) is 28.8 Å². The maximum absolute atomic E-state index is 6.12. The number of rotatable bonds is 5. The minimum atomic E-state index is 0.0794. The van der Waals surface area contributed by atoms with E-state index in [4.69, 9.17) is 22.1 Å². The lowest BCUT2D eigenvalue weighted by molar-refractivity contribution is 0.135. The summed E-state index contributed by atoms with van der Waals surface area (Å²) in [6, 6.07) is 5.84. The molecule has 1 aromatic rings. The molecule has 1 saturated carbocycles. The molecule has 1 aliphatic rings. The molecule has 0 radical (unpaired) electrons. The summed E-state index contributed by atoms with van der Waals surface area (Å²) in [5, 5.41) is 0.762. The quantitative estimate of drug-likeness (QED) is 0.882. The second-order valence-electron chi connectivity index (χ2n) is 5.39. The molecule has 3 heteroatoms. The van der Waals surface area contributed by atoms with Crippen molar-refractivity contribution in [2.45, 2.75) is 38.0 Å². The lowest BCUT2D eigenvalue weighted by Gasteiger charge is -2.48. The van der Waals surface area contributed by atoms with Gasteiger partial charge in [-0.25, -0.2) is 0 Å². The van der Waals surface area contributed by atoms with Crippen molar-refractivity contribution in [3.63, 3.8) is 0 Å². The minimum absolute atomic E-state index is 0.0794. The fourth-order valence-corrected chi connectivity index (χ4v) is 3.42. The average Bonchev–Trinajstić information content (AvgIpc) is 2.33. The van der Waals surface area contributed by atoms with Crippen molar-refractivity contribution in [2.24, 2.45) is 11.7 Å². The number of hydrogen-bond donors (Lipinski definition) is 1. The van der Waals surface area contributed by atoms with Gasteiger partial charge in [0.05, 0.1) is 7.11 Å². The molecule has 0 amide bonds. The zero-order chi connectivity index (χ0) is 13.2. The molecule has 0 aliphatic heterocycles. The molecule has 2 rings (SSSR count). The number of hydrogen-bond acceptors (Lipinski definition) is 2. The number of ether oxygens (including phenoxy) is 1. The fourth-order valence-electron chi connectivity index (χ4n) is 3.25. The average molecular weight is 268 g/mol. The lowest BCUT2D eigenvalue weighted by Crippen LogP contribution is -2.47. The molecule has 0 atom stereocenters. The fraction of sp³-hybridized carbons (Fsp3) is 0.600. The van der Waals surface area contributed by atoms with Gasteiger partial charge in [-0.1, -0.05) is 31.4 Å². The third-order valence-corrected chi connectivity index (χ3v) is 4.41. The van der Waals surface area contributed by atoms with Gasteiger partial charge in [0.1, 0.15) is 5.75 Å². The molecule has 18 heavy (non-hydrogen) atoms. The number of halogens is 1. The lowest BCUT2D eigenvalue weighted by atomic mass is 9.57. The van der Waals surface area contributed by atoms with Gasteiger partial charge in [-0.3, -0.25) is 0 Å². The van der Waals surface area contributed by atoms with Gasteiger partial charge in [0.2, 0.25) is 0 Å². The summed E-state index contributed by atoms with van der Waals surface area (Å²) >= 11 is 6.12. The van der Waals surface area contributed by atoms with Crippen LogP contribution in [0.5, 0.6) is 5.75 Å². The molecular formula is C15H22ClNO. The van der Waals surface area contributed by atoms with Crippen molar-refractivity contribution >= 4 is 11.6 Å². The zero-order valence-corrected chi connectivity index (χ0v) is 12.0. The summed E-state index contributed by atoms with van der Waals surface area (Å²) in [7, 11) is 1.71. The Bertz CT molecular complexity index is 413. The molecule has 2 nitrogen and oxygen atoms in total. The monoisotopic (exact) mass is 267 g/mol. The molecule has 0 saturated heterocycles. The maximum atomic E-state index is 6.12. The molecule has 100 valence electrons. The molecule has 1 aliphatic carbocycles. The van der Waals surface area contributed by atoms with Crippen LogP contribution in [0.15, 0.2) is 18.2 Å². The van der Waals surface area contributed by atoms with E-state index in [2.05, 4.69) is 6.92 Å². The number of nitrogens with two attached hydrogens (primary N) is 1. The Balaban J connectivity index is 2.26. The normalized spacial score (nSPS) is 26.8. The molecule has 2 N–H and O–H groups in total. The van der Waals surface area contributed by atoms with Crippen molar-refractivity contribution in [2.75, 3.05) is 13.7 Å². The molecule has 0 bridgehead atoms. The predicted molar refractivity (Wildman–Crippen MR) is 76.4 cm³/mol. The van der Waals surface area contributed by atoms with Crippen LogP contribution in [-0.4, -0.2) is 13.7 Å². The first-order chi connectivity index (χ1) is 8.65. The molecule has 0 heterocycles. The highest BCUT2D eigenvalue weighted by molar-refractivity contribution is 6.30. The van der Waals surface area contributed by atoms with E-state index in [0.717, 1.165) is 29.5 Å². The largest absolute Gasteiger partial charge is 0.496 e. The van der Waals surface area contributed by atoms with Crippen LogP contribution in [0.1, 0.15) is 38.2 Å². The Morgan fingerprint density at radius 2 is 2.17 bits per heavy atom. The Kier molecular flexibility index (Phi) is 4.18. The number of methoxy groups -OCH3 is 1. The van der Waals surface area contributed by atoms with Crippen LogP contribution >= 0.6 is 11.6 Å². The first kappa shape index (κ1) is 13.7. The van der Waals surface area contributed by atoms with Crippen LogP contribution in [0.25, 0.3) is 0 Å². The van der Waals surface area contributed by atoms with Crippen LogP contribution < -0.4 is 10.5 Å². The predicted octanol–water partition coefficient (Wildman–Crippen LogP) is 3.76. The number of benzene rings is 1. The van der Waals surface area contributed by atoms with Gasteiger partial charge < -0.3 is 10.5 Å². The summed E-state index contributed by atoms with van der Waals surface area (Å²) < 4.78 is 5.47. The molecule has 0 unspecified atom stereocenters. The van der Waals surface area contributed by atoms with Gasteiger partial charge in [-0.05, 0) is 37.0 Å². The van der Waals surface area contributed by atoms with E-state index in [1.807, 2.05) is 18.2 Å². The first-order valence-electron chi connectivity index (χ1n) is 6.69. The SMILES string of the molecule is CCCC1CC(CN)(c2cc(Cl)ccc2OC)C1. The summed E-state index contributed by atoms with van der Waals surface area (Å²) in [5.41, 5.74) is 7.30. The molecule has 1 fully saturated rings. The summed E-state index contributed by atoms with van der Waals surface area (Å²) in [6.07, 6.45) is 4.87. The smallest absolute Gasteiger partial charge is 0.122 e. The Labute approximate surface area is 114 Å². The minimum Gasteiger partial charge on any atom is -0.496 e. The second-order valence-corrected chi connectivity index (χ2v) is 5.83. The van der Waals surface area contributed by atoms with E-state index in [0.29, 0.717) is 6.54 Å². The van der Waals surface area contributed by atoms with Crippen molar-refractivity contribution < 1.29 is 4.74 Å². The zero-order valence-electron chi connectivity index (χ0n) is 11.2. The highest BCUT2D eigenvalue weighted by Crippen LogP contribution is 2.51.